The van der Waals surface area contributed by atoms with Crippen LogP contribution in [-0.2, 0) is 0 Å². The lowest BCUT2D eigenvalue weighted by Crippen LogP contribution is -2.35. The summed E-state index contributed by atoms with van der Waals surface area (Å²) < 4.78 is 4.15. The first-order valence-corrected chi connectivity index (χ1v) is 7.29. The van der Waals surface area contributed by atoms with Crippen molar-refractivity contribution < 1.29 is 0 Å². The highest BCUT2D eigenvalue weighted by Crippen LogP contribution is 2.26. The van der Waals surface area contributed by atoms with Crippen LogP contribution in [0.25, 0.3) is 5.65 Å². The number of nitrogens with two attached hydrogens (primary N) is 1. The van der Waals surface area contributed by atoms with Crippen LogP contribution in [0.3, 0.4) is 0 Å². The van der Waals surface area contributed by atoms with Crippen molar-refractivity contribution in [2.45, 2.75) is 18.9 Å². The topological polar surface area (TPSA) is 64.4 Å². The summed E-state index contributed by atoms with van der Waals surface area (Å²) in [5, 5.41) is 4.33. The Morgan fingerprint density at radius 3 is 2.71 bits per heavy atom. The smallest absolute Gasteiger partial charge is 0.145 e. The zero-order chi connectivity index (χ0) is 14.2. The number of hydrogen-bond acceptors (Lipinski definition) is 4. The number of pyridine rings is 1. The highest BCUT2D eigenvalue weighted by molar-refractivity contribution is 5.51. The Morgan fingerprint density at radius 1 is 1.10 bits per heavy atom. The zero-order valence-electron chi connectivity index (χ0n) is 11.8. The van der Waals surface area contributed by atoms with Gasteiger partial charge in [0.15, 0.2) is 0 Å². The van der Waals surface area contributed by atoms with Crippen molar-refractivity contribution in [1.29, 1.82) is 0 Å². The third-order valence-electron chi connectivity index (χ3n) is 4.20. The Morgan fingerprint density at radius 2 is 1.95 bits per heavy atom. The monoisotopic (exact) mass is 282 g/mol. The Hall–Kier alpha value is -2.50. The molecule has 1 aliphatic rings. The molecule has 0 aromatic carbocycles. The van der Waals surface area contributed by atoms with E-state index >= 15 is 0 Å². The number of nitrogen functional groups attached to an aromatic ring is 1. The van der Waals surface area contributed by atoms with Gasteiger partial charge in [-0.2, -0.15) is 5.10 Å². The predicted molar refractivity (Wildman–Crippen MR) is 82.3 cm³/mol. The van der Waals surface area contributed by atoms with Gasteiger partial charge in [0.2, 0.25) is 0 Å². The quantitative estimate of drug-likeness (QED) is 0.780. The maximum Gasteiger partial charge on any atom is 0.145 e. The van der Waals surface area contributed by atoms with Crippen molar-refractivity contribution >= 4 is 17.3 Å². The van der Waals surface area contributed by atoms with E-state index in [1.54, 1.807) is 0 Å². The number of nitrogens with zero attached hydrogens (tertiary/aromatic N) is 5. The summed E-state index contributed by atoms with van der Waals surface area (Å²) in [6, 6.07) is 8.56. The average molecular weight is 282 g/mol. The molecule has 4 heterocycles. The fraction of sp³-hybridized carbons (Fsp3) is 0.333. The van der Waals surface area contributed by atoms with Gasteiger partial charge in [0.1, 0.15) is 17.3 Å². The van der Waals surface area contributed by atoms with Gasteiger partial charge < -0.3 is 10.6 Å². The van der Waals surface area contributed by atoms with Gasteiger partial charge in [-0.1, -0.05) is 6.07 Å². The van der Waals surface area contributed by atoms with Crippen molar-refractivity contribution in [2.24, 2.45) is 0 Å². The van der Waals surface area contributed by atoms with Gasteiger partial charge in [-0.15, -0.1) is 0 Å². The normalized spacial score (nSPS) is 16.7. The number of fused-ring (bicyclic) bond motifs is 1. The molecule has 6 nitrogen and oxygen atoms in total. The zero-order valence-corrected chi connectivity index (χ0v) is 11.8. The van der Waals surface area contributed by atoms with E-state index in [4.69, 9.17) is 5.73 Å². The third kappa shape index (κ3) is 2.12. The molecule has 1 aliphatic heterocycles. The summed E-state index contributed by atoms with van der Waals surface area (Å²) in [6.45, 7) is 2.03. The number of aromatic nitrogens is 4. The molecule has 0 unspecified atom stereocenters. The van der Waals surface area contributed by atoms with Crippen LogP contribution in [0.15, 0.2) is 42.9 Å². The van der Waals surface area contributed by atoms with Gasteiger partial charge in [-0.05, 0) is 31.0 Å². The van der Waals surface area contributed by atoms with Gasteiger partial charge in [0.05, 0.1) is 6.04 Å². The number of piperidine rings is 1. The second-order valence-electron chi connectivity index (χ2n) is 5.48. The highest BCUT2D eigenvalue weighted by atomic mass is 15.3. The molecule has 108 valence electrons. The molecule has 0 radical (unpaired) electrons. The van der Waals surface area contributed by atoms with Crippen LogP contribution in [0, 0.1) is 0 Å². The van der Waals surface area contributed by atoms with E-state index in [1.807, 2.05) is 35.4 Å². The predicted octanol–water partition coefficient (Wildman–Crippen LogP) is 1.95. The van der Waals surface area contributed by atoms with E-state index in [0.717, 1.165) is 31.6 Å². The molecule has 0 spiro atoms. The molecule has 6 heteroatoms. The van der Waals surface area contributed by atoms with Crippen LogP contribution < -0.4 is 10.6 Å². The van der Waals surface area contributed by atoms with E-state index in [1.165, 1.54) is 5.82 Å². The minimum Gasteiger partial charge on any atom is -0.382 e. The van der Waals surface area contributed by atoms with Crippen molar-refractivity contribution in [2.75, 3.05) is 23.7 Å². The highest BCUT2D eigenvalue weighted by Gasteiger charge is 2.22. The fourth-order valence-electron chi connectivity index (χ4n) is 3.11. The van der Waals surface area contributed by atoms with Gasteiger partial charge in [-0.3, -0.25) is 9.08 Å². The lowest BCUT2D eigenvalue weighted by atomic mass is 10.1. The van der Waals surface area contributed by atoms with Crippen LogP contribution in [0.2, 0.25) is 0 Å². The Labute approximate surface area is 122 Å². The molecule has 1 saturated heterocycles. The molecular formula is C15H18N6. The van der Waals surface area contributed by atoms with Gasteiger partial charge in [0, 0.05) is 31.7 Å². The molecular weight excluding hydrogens is 264 g/mol. The molecule has 0 atom stereocenters. The standard InChI is InChI=1S/C15H18N6/c16-13-6-10-21(18-13)12-4-8-19(9-5-12)15-3-1-2-14-17-7-11-20(14)15/h1-3,6-7,10-12H,4-5,8-9H2,(H2,16,18). The molecule has 0 saturated carbocycles. The van der Waals surface area contributed by atoms with Crippen LogP contribution in [-0.4, -0.2) is 32.3 Å². The minimum atomic E-state index is 0.445. The number of hydrogen-bond donors (Lipinski definition) is 1. The maximum absolute atomic E-state index is 5.70. The first kappa shape index (κ1) is 12.3. The number of rotatable bonds is 2. The summed E-state index contributed by atoms with van der Waals surface area (Å²) in [5.74, 6) is 1.81. The van der Waals surface area contributed by atoms with Crippen LogP contribution >= 0.6 is 0 Å². The SMILES string of the molecule is Nc1ccn(C2CCN(c3cccc4nccn34)CC2)n1. The Balaban J connectivity index is 1.53. The molecule has 21 heavy (non-hydrogen) atoms. The van der Waals surface area contributed by atoms with E-state index in [2.05, 4.69) is 31.5 Å². The molecule has 2 N–H and O–H groups in total. The molecule has 0 bridgehead atoms. The maximum atomic E-state index is 5.70. The lowest BCUT2D eigenvalue weighted by molar-refractivity contribution is 0.366. The lowest BCUT2D eigenvalue weighted by Gasteiger charge is -2.33. The van der Waals surface area contributed by atoms with Crippen molar-refractivity contribution in [3.05, 3.63) is 42.9 Å². The summed E-state index contributed by atoms with van der Waals surface area (Å²) in [4.78, 5) is 6.76. The van der Waals surface area contributed by atoms with E-state index in [9.17, 15) is 0 Å². The summed E-state index contributed by atoms with van der Waals surface area (Å²) in [6.07, 6.45) is 7.99. The summed E-state index contributed by atoms with van der Waals surface area (Å²) in [7, 11) is 0. The molecule has 4 rings (SSSR count). The first-order valence-electron chi connectivity index (χ1n) is 7.29. The molecule has 1 fully saturated rings. The van der Waals surface area contributed by atoms with E-state index in [-0.39, 0.29) is 0 Å². The molecule has 0 aliphatic carbocycles. The minimum absolute atomic E-state index is 0.445. The van der Waals surface area contributed by atoms with Crippen LogP contribution in [0.1, 0.15) is 18.9 Å². The van der Waals surface area contributed by atoms with Crippen molar-refractivity contribution in [1.82, 2.24) is 19.2 Å². The number of imidazole rings is 1. The van der Waals surface area contributed by atoms with Crippen molar-refractivity contribution in [3.63, 3.8) is 0 Å². The van der Waals surface area contributed by atoms with Crippen LogP contribution in [0.5, 0.6) is 0 Å². The fourth-order valence-corrected chi connectivity index (χ4v) is 3.11. The van der Waals surface area contributed by atoms with Crippen LogP contribution in [0.4, 0.5) is 11.6 Å². The Bertz CT molecular complexity index is 750. The van der Waals surface area contributed by atoms with Gasteiger partial charge in [-0.25, -0.2) is 4.98 Å². The number of anilines is 2. The largest absolute Gasteiger partial charge is 0.382 e. The molecule has 3 aromatic rings. The summed E-state index contributed by atoms with van der Waals surface area (Å²) >= 11 is 0. The molecule has 3 aromatic heterocycles. The van der Waals surface area contributed by atoms with Gasteiger partial charge in [0.25, 0.3) is 0 Å². The first-order chi connectivity index (χ1) is 10.3. The Kier molecular flexibility index (Phi) is 2.80. The van der Waals surface area contributed by atoms with E-state index in [0.29, 0.717) is 11.9 Å². The average Bonchev–Trinajstić information content (AvgIpc) is 3.15. The second-order valence-corrected chi connectivity index (χ2v) is 5.48. The van der Waals surface area contributed by atoms with E-state index < -0.39 is 0 Å². The molecule has 0 amide bonds. The summed E-state index contributed by atoms with van der Waals surface area (Å²) in [5.41, 5.74) is 6.70. The van der Waals surface area contributed by atoms with Crippen molar-refractivity contribution in [3.8, 4) is 0 Å². The third-order valence-corrected chi connectivity index (χ3v) is 4.20. The van der Waals surface area contributed by atoms with Gasteiger partial charge >= 0.3 is 0 Å². The second kappa shape index (κ2) is 4.80.